The third-order valence-corrected chi connectivity index (χ3v) is 4.24. The van der Waals surface area contributed by atoms with Gasteiger partial charge < -0.3 is 20.5 Å². The number of nitrogens with one attached hydrogen (secondary N) is 2. The highest BCUT2D eigenvalue weighted by Gasteiger charge is 2.11. The molecular weight excluding hydrogens is 354 g/mol. The SMILES string of the molecule is Cc1nc(SCC(=O)Nc2cc(Cl)ccc2O)[nH]c(=O)c1CCO. The molecule has 128 valence electrons. The van der Waals surface area contributed by atoms with Crippen LogP contribution < -0.4 is 10.9 Å². The van der Waals surface area contributed by atoms with E-state index in [0.29, 0.717) is 21.4 Å². The first-order valence-electron chi connectivity index (χ1n) is 7.02. The standard InChI is InChI=1S/C15H16ClN3O4S/c1-8-10(4-5-20)14(23)19-15(17-8)24-7-13(22)18-11-6-9(16)2-3-12(11)21/h2-3,6,20-21H,4-5,7H2,1H3,(H,18,22)(H,17,19,23). The van der Waals surface area contributed by atoms with Crippen molar-refractivity contribution in [2.24, 2.45) is 0 Å². The summed E-state index contributed by atoms with van der Waals surface area (Å²) in [6.07, 6.45) is 0.230. The number of aromatic nitrogens is 2. The molecule has 9 heteroatoms. The number of hydrogen-bond donors (Lipinski definition) is 4. The first kappa shape index (κ1) is 18.3. The van der Waals surface area contributed by atoms with Gasteiger partial charge in [-0.2, -0.15) is 0 Å². The molecule has 0 aliphatic carbocycles. The number of carbonyl (C=O) groups is 1. The molecular formula is C15H16ClN3O4S. The Kier molecular flexibility index (Phi) is 6.24. The van der Waals surface area contributed by atoms with Crippen LogP contribution in [-0.4, -0.2) is 38.4 Å². The summed E-state index contributed by atoms with van der Waals surface area (Å²) in [6, 6.07) is 4.33. The molecule has 1 aromatic carbocycles. The van der Waals surface area contributed by atoms with Gasteiger partial charge in [0, 0.05) is 29.3 Å². The number of aromatic hydroxyl groups is 1. The van der Waals surface area contributed by atoms with Gasteiger partial charge in [0.2, 0.25) is 5.91 Å². The number of aliphatic hydroxyl groups is 1. The Hall–Kier alpha value is -2.03. The Morgan fingerprint density at radius 1 is 1.46 bits per heavy atom. The molecule has 24 heavy (non-hydrogen) atoms. The second kappa shape index (κ2) is 8.18. The van der Waals surface area contributed by atoms with E-state index >= 15 is 0 Å². The van der Waals surface area contributed by atoms with Gasteiger partial charge in [-0.05, 0) is 25.1 Å². The number of hydrogen-bond acceptors (Lipinski definition) is 6. The number of carbonyl (C=O) groups excluding carboxylic acids is 1. The number of halogens is 1. The third kappa shape index (κ3) is 4.73. The minimum Gasteiger partial charge on any atom is -0.506 e. The molecule has 2 rings (SSSR count). The van der Waals surface area contributed by atoms with Crippen LogP contribution in [0, 0.1) is 6.92 Å². The molecule has 0 atom stereocenters. The molecule has 4 N–H and O–H groups in total. The van der Waals surface area contributed by atoms with Crippen LogP contribution in [-0.2, 0) is 11.2 Å². The van der Waals surface area contributed by atoms with Crippen LogP contribution in [0.2, 0.25) is 5.02 Å². The number of phenols is 1. The lowest BCUT2D eigenvalue weighted by Gasteiger charge is -2.08. The Morgan fingerprint density at radius 3 is 2.88 bits per heavy atom. The lowest BCUT2D eigenvalue weighted by molar-refractivity contribution is -0.113. The minimum atomic E-state index is -0.377. The predicted molar refractivity (Wildman–Crippen MR) is 92.9 cm³/mol. The number of amides is 1. The van der Waals surface area contributed by atoms with Gasteiger partial charge in [-0.25, -0.2) is 4.98 Å². The lowest BCUT2D eigenvalue weighted by Crippen LogP contribution is -2.19. The number of anilines is 1. The summed E-state index contributed by atoms with van der Waals surface area (Å²) in [5.41, 5.74) is 0.828. The molecule has 2 aromatic rings. The van der Waals surface area contributed by atoms with Gasteiger partial charge in [0.1, 0.15) is 5.75 Å². The van der Waals surface area contributed by atoms with Crippen LogP contribution in [0.1, 0.15) is 11.3 Å². The highest BCUT2D eigenvalue weighted by molar-refractivity contribution is 7.99. The fourth-order valence-electron chi connectivity index (χ4n) is 1.99. The Balaban J connectivity index is 2.01. The number of phenolic OH excluding ortho intramolecular Hbond substituents is 1. The molecule has 0 unspecified atom stereocenters. The molecule has 0 saturated carbocycles. The lowest BCUT2D eigenvalue weighted by atomic mass is 10.2. The van der Waals surface area contributed by atoms with Crippen molar-refractivity contribution < 1.29 is 15.0 Å². The van der Waals surface area contributed by atoms with Crippen molar-refractivity contribution in [3.05, 3.63) is 44.8 Å². The summed E-state index contributed by atoms with van der Waals surface area (Å²) in [5, 5.41) is 21.8. The van der Waals surface area contributed by atoms with Gasteiger partial charge in [0.25, 0.3) is 5.56 Å². The average Bonchev–Trinajstić information content (AvgIpc) is 2.52. The van der Waals surface area contributed by atoms with Gasteiger partial charge >= 0.3 is 0 Å². The molecule has 1 heterocycles. The minimum absolute atomic E-state index is 0.00627. The van der Waals surface area contributed by atoms with Gasteiger partial charge in [-0.3, -0.25) is 9.59 Å². The van der Waals surface area contributed by atoms with Crippen molar-refractivity contribution in [2.75, 3.05) is 17.7 Å². The molecule has 0 fully saturated rings. The number of H-pyrrole nitrogens is 1. The van der Waals surface area contributed by atoms with E-state index in [2.05, 4.69) is 15.3 Å². The van der Waals surface area contributed by atoms with E-state index in [1.165, 1.54) is 18.2 Å². The Bertz CT molecular complexity index is 810. The van der Waals surface area contributed by atoms with E-state index in [1.807, 2.05) is 0 Å². The number of aliphatic hydroxyl groups excluding tert-OH is 1. The van der Waals surface area contributed by atoms with E-state index in [-0.39, 0.29) is 41.7 Å². The number of nitrogens with zero attached hydrogens (tertiary/aromatic N) is 1. The molecule has 0 spiro atoms. The van der Waals surface area contributed by atoms with Crippen molar-refractivity contribution in [3.63, 3.8) is 0 Å². The monoisotopic (exact) mass is 369 g/mol. The summed E-state index contributed by atoms with van der Waals surface area (Å²) in [5.74, 6) is -0.473. The fraction of sp³-hybridized carbons (Fsp3) is 0.267. The average molecular weight is 370 g/mol. The number of thioether (sulfide) groups is 1. The molecule has 0 aliphatic rings. The molecule has 1 aromatic heterocycles. The topological polar surface area (TPSA) is 115 Å². The summed E-state index contributed by atoms with van der Waals surface area (Å²) in [6.45, 7) is 1.54. The second-order valence-corrected chi connectivity index (χ2v) is 6.31. The van der Waals surface area contributed by atoms with Gasteiger partial charge in [-0.15, -0.1) is 0 Å². The first-order chi connectivity index (χ1) is 11.4. The highest BCUT2D eigenvalue weighted by atomic mass is 35.5. The van der Waals surface area contributed by atoms with Crippen LogP contribution in [0.15, 0.2) is 28.2 Å². The predicted octanol–water partition coefficient (Wildman–Crippen LogP) is 1.70. The number of benzene rings is 1. The van der Waals surface area contributed by atoms with E-state index in [1.54, 1.807) is 6.92 Å². The fourth-order valence-corrected chi connectivity index (χ4v) is 2.87. The smallest absolute Gasteiger partial charge is 0.255 e. The van der Waals surface area contributed by atoms with E-state index in [4.69, 9.17) is 16.7 Å². The largest absolute Gasteiger partial charge is 0.506 e. The summed E-state index contributed by atoms with van der Waals surface area (Å²) < 4.78 is 0. The van der Waals surface area contributed by atoms with Gasteiger partial charge in [0.15, 0.2) is 5.16 Å². The van der Waals surface area contributed by atoms with Crippen LogP contribution >= 0.6 is 23.4 Å². The molecule has 1 amide bonds. The van der Waals surface area contributed by atoms with Crippen LogP contribution in [0.4, 0.5) is 5.69 Å². The molecule has 0 aliphatic heterocycles. The van der Waals surface area contributed by atoms with Crippen molar-refractivity contribution in [1.82, 2.24) is 9.97 Å². The molecule has 0 saturated heterocycles. The molecule has 0 bridgehead atoms. The second-order valence-electron chi connectivity index (χ2n) is 4.91. The van der Waals surface area contributed by atoms with E-state index in [0.717, 1.165) is 11.8 Å². The van der Waals surface area contributed by atoms with Crippen LogP contribution in [0.5, 0.6) is 5.75 Å². The van der Waals surface area contributed by atoms with Crippen molar-refractivity contribution in [1.29, 1.82) is 0 Å². The van der Waals surface area contributed by atoms with Gasteiger partial charge in [0.05, 0.1) is 11.4 Å². The Morgan fingerprint density at radius 2 is 2.21 bits per heavy atom. The summed E-state index contributed by atoms with van der Waals surface area (Å²) in [7, 11) is 0. The zero-order valence-electron chi connectivity index (χ0n) is 12.8. The first-order valence-corrected chi connectivity index (χ1v) is 8.39. The number of aromatic amines is 1. The highest BCUT2D eigenvalue weighted by Crippen LogP contribution is 2.26. The van der Waals surface area contributed by atoms with E-state index < -0.39 is 0 Å². The normalized spacial score (nSPS) is 10.6. The third-order valence-electron chi connectivity index (χ3n) is 3.14. The van der Waals surface area contributed by atoms with Crippen LogP contribution in [0.3, 0.4) is 0 Å². The van der Waals surface area contributed by atoms with Crippen LogP contribution in [0.25, 0.3) is 0 Å². The van der Waals surface area contributed by atoms with Gasteiger partial charge in [-0.1, -0.05) is 23.4 Å². The summed E-state index contributed by atoms with van der Waals surface area (Å²) in [4.78, 5) is 30.6. The zero-order chi connectivity index (χ0) is 17.7. The number of aryl methyl sites for hydroxylation is 1. The molecule has 7 nitrogen and oxygen atoms in total. The van der Waals surface area contributed by atoms with Crippen molar-refractivity contribution in [2.45, 2.75) is 18.5 Å². The Labute approximate surface area is 147 Å². The maximum Gasteiger partial charge on any atom is 0.255 e. The molecule has 0 radical (unpaired) electrons. The van der Waals surface area contributed by atoms with Crippen molar-refractivity contribution >= 4 is 35.0 Å². The van der Waals surface area contributed by atoms with Crippen molar-refractivity contribution in [3.8, 4) is 5.75 Å². The maximum atomic E-state index is 11.9. The summed E-state index contributed by atoms with van der Waals surface area (Å²) >= 11 is 6.87. The zero-order valence-corrected chi connectivity index (χ0v) is 14.4. The van der Waals surface area contributed by atoms with E-state index in [9.17, 15) is 14.7 Å². The maximum absolute atomic E-state index is 11.9. The quantitative estimate of drug-likeness (QED) is 0.350. The number of rotatable bonds is 6.